The second kappa shape index (κ2) is 14.3. The zero-order valence-corrected chi connectivity index (χ0v) is 14.5. The third kappa shape index (κ3) is 11.4. The van der Waals surface area contributed by atoms with Gasteiger partial charge in [0, 0.05) is 21.1 Å². The first-order valence-corrected chi connectivity index (χ1v) is 7.89. The van der Waals surface area contributed by atoms with Gasteiger partial charge in [0.2, 0.25) is 0 Å². The van der Waals surface area contributed by atoms with Gasteiger partial charge in [0.25, 0.3) is 0 Å². The van der Waals surface area contributed by atoms with Crippen molar-refractivity contribution in [1.82, 2.24) is 0 Å². The molecule has 1 rings (SSSR count). The van der Waals surface area contributed by atoms with E-state index in [9.17, 15) is 0 Å². The van der Waals surface area contributed by atoms with Gasteiger partial charge in [-0.3, -0.25) is 0 Å². The van der Waals surface area contributed by atoms with Gasteiger partial charge in [-0.05, 0) is 0 Å². The Balaban J connectivity index is 0.00000324. The van der Waals surface area contributed by atoms with E-state index in [-0.39, 0.29) is 21.1 Å². The van der Waals surface area contributed by atoms with E-state index >= 15 is 0 Å². The molecule has 0 bridgehead atoms. The summed E-state index contributed by atoms with van der Waals surface area (Å²) in [7, 11) is 0. The summed E-state index contributed by atoms with van der Waals surface area (Å²) >= 11 is 0. The summed E-state index contributed by atoms with van der Waals surface area (Å²) in [5.74, 6) is 0. The van der Waals surface area contributed by atoms with E-state index in [1.54, 1.807) is 0 Å². The van der Waals surface area contributed by atoms with E-state index < -0.39 is 0 Å². The molecule has 0 saturated heterocycles. The molecule has 1 aromatic carbocycles. The maximum Gasteiger partial charge on any atom is 0 e. The molecular weight excluding hydrogens is 312 g/mol. The van der Waals surface area contributed by atoms with Crippen LogP contribution < -0.4 is 0 Å². The smallest absolute Gasteiger partial charge is 0 e. The molecule has 0 aliphatic rings. The van der Waals surface area contributed by atoms with Crippen LogP contribution in [0.15, 0.2) is 24.3 Å². The second-order valence-corrected chi connectivity index (χ2v) is 5.32. The number of aryl methyl sites for hydroxylation is 1. The molecule has 0 atom stereocenters. The Labute approximate surface area is 134 Å². The molecule has 0 aliphatic heterocycles. The topological polar surface area (TPSA) is 0 Å². The van der Waals surface area contributed by atoms with Gasteiger partial charge in [-0.1, -0.05) is 77.6 Å². The van der Waals surface area contributed by atoms with Crippen molar-refractivity contribution in [2.24, 2.45) is 0 Å². The minimum Gasteiger partial charge on any atom is -0.180 e. The summed E-state index contributed by atoms with van der Waals surface area (Å²) in [6, 6.07) is 11.7. The van der Waals surface area contributed by atoms with Crippen LogP contribution in [0, 0.1) is 6.07 Å². The van der Waals surface area contributed by atoms with Crippen molar-refractivity contribution < 1.29 is 21.1 Å². The third-order valence-electron chi connectivity index (χ3n) is 3.57. The molecule has 0 amide bonds. The van der Waals surface area contributed by atoms with Gasteiger partial charge >= 0.3 is 0 Å². The zero-order chi connectivity index (χ0) is 12.9. The van der Waals surface area contributed by atoms with Crippen LogP contribution in [-0.2, 0) is 27.5 Å². The standard InChI is InChI=1S/C18H29.Mo/c1-2-3-4-5-6-7-8-9-10-12-15-18-16-13-11-14-17-18;/h11,13-14,16H,2-10,12,15H2,1H3;/q-1;. The van der Waals surface area contributed by atoms with Gasteiger partial charge in [-0.25, -0.2) is 0 Å². The fourth-order valence-electron chi connectivity index (χ4n) is 2.39. The average Bonchev–Trinajstić information content (AvgIpc) is 2.42. The van der Waals surface area contributed by atoms with Crippen LogP contribution in [0.3, 0.4) is 0 Å². The van der Waals surface area contributed by atoms with Crippen molar-refractivity contribution in [1.29, 1.82) is 0 Å². The van der Waals surface area contributed by atoms with Crippen LogP contribution in [0.4, 0.5) is 0 Å². The predicted octanol–water partition coefficient (Wildman–Crippen LogP) is 5.95. The Morgan fingerprint density at radius 2 is 1.37 bits per heavy atom. The van der Waals surface area contributed by atoms with Crippen LogP contribution in [0.5, 0.6) is 0 Å². The van der Waals surface area contributed by atoms with Crippen LogP contribution in [0.2, 0.25) is 0 Å². The van der Waals surface area contributed by atoms with E-state index in [1.807, 2.05) is 12.1 Å². The number of hydrogen-bond donors (Lipinski definition) is 0. The first-order chi connectivity index (χ1) is 8.93. The van der Waals surface area contributed by atoms with Gasteiger partial charge in [-0.2, -0.15) is 35.9 Å². The Kier molecular flexibility index (Phi) is 14.3. The summed E-state index contributed by atoms with van der Waals surface area (Å²) in [4.78, 5) is 0. The Morgan fingerprint density at radius 1 is 0.789 bits per heavy atom. The van der Waals surface area contributed by atoms with Crippen LogP contribution >= 0.6 is 0 Å². The molecule has 0 unspecified atom stereocenters. The van der Waals surface area contributed by atoms with Gasteiger partial charge in [-0.15, -0.1) is 0 Å². The molecule has 0 fully saturated rings. The molecule has 1 aromatic rings. The van der Waals surface area contributed by atoms with Gasteiger partial charge in [0.1, 0.15) is 0 Å². The average molecular weight is 341 g/mol. The minimum absolute atomic E-state index is 0. The molecule has 0 spiro atoms. The fourth-order valence-corrected chi connectivity index (χ4v) is 2.39. The maximum atomic E-state index is 3.30. The van der Waals surface area contributed by atoms with Gasteiger partial charge in [0.15, 0.2) is 0 Å². The number of rotatable bonds is 11. The first-order valence-electron chi connectivity index (χ1n) is 7.89. The summed E-state index contributed by atoms with van der Waals surface area (Å²) in [6.45, 7) is 2.28. The zero-order valence-electron chi connectivity index (χ0n) is 12.5. The Hall–Kier alpha value is -0.0917. The third-order valence-corrected chi connectivity index (χ3v) is 3.57. The van der Waals surface area contributed by atoms with E-state index in [1.165, 1.54) is 76.2 Å². The van der Waals surface area contributed by atoms with E-state index in [0.717, 1.165) is 0 Å². The van der Waals surface area contributed by atoms with Crippen molar-refractivity contribution >= 4 is 0 Å². The summed E-state index contributed by atoms with van der Waals surface area (Å²) < 4.78 is 0. The first kappa shape index (κ1) is 18.9. The van der Waals surface area contributed by atoms with Crippen molar-refractivity contribution in [3.63, 3.8) is 0 Å². The summed E-state index contributed by atoms with van der Waals surface area (Å²) in [5.41, 5.74) is 1.37. The molecule has 0 saturated carbocycles. The normalized spacial score (nSPS) is 10.2. The quantitative estimate of drug-likeness (QED) is 0.265. The Bertz CT molecular complexity index is 268. The van der Waals surface area contributed by atoms with Crippen LogP contribution in [0.25, 0.3) is 0 Å². The molecule has 108 valence electrons. The predicted molar refractivity (Wildman–Crippen MR) is 80.8 cm³/mol. The molecule has 1 heteroatoms. The molecule has 0 aliphatic carbocycles. The fraction of sp³-hybridized carbons (Fsp3) is 0.667. The molecule has 0 radical (unpaired) electrons. The van der Waals surface area contributed by atoms with Crippen molar-refractivity contribution in [2.75, 3.05) is 0 Å². The molecule has 0 heterocycles. The summed E-state index contributed by atoms with van der Waals surface area (Å²) in [6.07, 6.45) is 15.3. The maximum absolute atomic E-state index is 3.30. The molecule has 0 aromatic heterocycles. The SMILES string of the molecule is CCCCCCCCCCCCc1[c-]cccc1.[Mo]. The van der Waals surface area contributed by atoms with Gasteiger partial charge < -0.3 is 0 Å². The molecule has 0 N–H and O–H groups in total. The monoisotopic (exact) mass is 343 g/mol. The largest absolute Gasteiger partial charge is 0.180 e. The van der Waals surface area contributed by atoms with Crippen molar-refractivity contribution in [3.8, 4) is 0 Å². The number of benzene rings is 1. The minimum atomic E-state index is 0. The molecule has 0 nitrogen and oxygen atoms in total. The van der Waals surface area contributed by atoms with Crippen molar-refractivity contribution in [3.05, 3.63) is 35.9 Å². The Morgan fingerprint density at radius 3 is 1.89 bits per heavy atom. The van der Waals surface area contributed by atoms with Crippen molar-refractivity contribution in [2.45, 2.75) is 77.6 Å². The van der Waals surface area contributed by atoms with E-state index in [2.05, 4.69) is 25.1 Å². The van der Waals surface area contributed by atoms with E-state index in [0.29, 0.717) is 0 Å². The number of hydrogen-bond acceptors (Lipinski definition) is 0. The van der Waals surface area contributed by atoms with E-state index in [4.69, 9.17) is 0 Å². The van der Waals surface area contributed by atoms with Gasteiger partial charge in [0.05, 0.1) is 0 Å². The van der Waals surface area contributed by atoms with Crippen LogP contribution in [0.1, 0.15) is 76.7 Å². The summed E-state index contributed by atoms with van der Waals surface area (Å²) in [5, 5.41) is 0. The van der Waals surface area contributed by atoms with Crippen LogP contribution in [-0.4, -0.2) is 0 Å². The molecule has 19 heavy (non-hydrogen) atoms. The second-order valence-electron chi connectivity index (χ2n) is 5.32. The molecular formula is C18H29Mo-. The number of unbranched alkanes of at least 4 members (excludes halogenated alkanes) is 9.